The lowest BCUT2D eigenvalue weighted by Gasteiger charge is -2.36. The van der Waals surface area contributed by atoms with Crippen molar-refractivity contribution in [1.29, 1.82) is 0 Å². The van der Waals surface area contributed by atoms with Gasteiger partial charge in [-0.05, 0) is 81.1 Å². The number of aromatic nitrogens is 1. The Bertz CT molecular complexity index is 967. The summed E-state index contributed by atoms with van der Waals surface area (Å²) in [5.41, 5.74) is 3.48. The van der Waals surface area contributed by atoms with E-state index in [1.807, 2.05) is 7.05 Å². The zero-order chi connectivity index (χ0) is 21.4. The smallest absolute Gasteiger partial charge is 0.234 e. The molecule has 31 heavy (non-hydrogen) atoms. The molecule has 1 unspecified atom stereocenters. The van der Waals surface area contributed by atoms with Gasteiger partial charge in [-0.2, -0.15) is 0 Å². The van der Waals surface area contributed by atoms with Crippen LogP contribution in [0.4, 0.5) is 5.69 Å². The maximum absolute atomic E-state index is 12.4. The topological polar surface area (TPSA) is 66.4 Å². The summed E-state index contributed by atoms with van der Waals surface area (Å²) < 4.78 is 2.13. The van der Waals surface area contributed by atoms with E-state index in [0.717, 1.165) is 41.4 Å². The summed E-state index contributed by atoms with van der Waals surface area (Å²) >= 11 is 0. The normalized spacial score (nSPS) is 24.0. The lowest BCUT2D eigenvalue weighted by molar-refractivity contribution is -0.134. The third-order valence-corrected chi connectivity index (χ3v) is 7.72. The van der Waals surface area contributed by atoms with Crippen LogP contribution in [0.1, 0.15) is 56.4 Å². The van der Waals surface area contributed by atoms with E-state index in [0.29, 0.717) is 12.8 Å². The van der Waals surface area contributed by atoms with Crippen molar-refractivity contribution in [2.24, 2.45) is 18.9 Å². The Hall–Kier alpha value is -2.34. The highest BCUT2D eigenvalue weighted by Gasteiger charge is 2.30. The fourth-order valence-electron chi connectivity index (χ4n) is 5.88. The van der Waals surface area contributed by atoms with Crippen LogP contribution in [0.15, 0.2) is 24.4 Å². The van der Waals surface area contributed by atoms with Gasteiger partial charge < -0.3 is 14.8 Å². The van der Waals surface area contributed by atoms with Gasteiger partial charge in [-0.25, -0.2) is 0 Å². The van der Waals surface area contributed by atoms with Crippen molar-refractivity contribution in [2.75, 3.05) is 31.1 Å². The minimum absolute atomic E-state index is 0.160. The molecule has 0 saturated carbocycles. The van der Waals surface area contributed by atoms with E-state index in [1.54, 1.807) is 0 Å². The second-order valence-electron chi connectivity index (χ2n) is 9.76. The van der Waals surface area contributed by atoms with Crippen molar-refractivity contribution >= 4 is 28.4 Å². The molecule has 3 aliphatic rings. The predicted octanol–water partition coefficient (Wildman–Crippen LogP) is 3.30. The number of rotatable bonds is 4. The summed E-state index contributed by atoms with van der Waals surface area (Å²) in [7, 11) is 2.05. The molecule has 3 saturated heterocycles. The molecule has 6 heteroatoms. The molecule has 1 aromatic heterocycles. The molecule has 1 aromatic carbocycles. The number of amides is 2. The number of imide groups is 1. The number of nitrogens with one attached hydrogen (secondary N) is 2. The number of carbonyl (C=O) groups excluding carboxylic acids is 2. The van der Waals surface area contributed by atoms with Crippen LogP contribution in [0.5, 0.6) is 0 Å². The number of hydrogen-bond acceptors (Lipinski definition) is 4. The fourth-order valence-corrected chi connectivity index (χ4v) is 5.88. The third-order valence-electron chi connectivity index (χ3n) is 7.72. The summed E-state index contributed by atoms with van der Waals surface area (Å²) in [6.07, 6.45) is 9.75. The molecule has 2 amide bonds. The van der Waals surface area contributed by atoms with Crippen molar-refractivity contribution in [2.45, 2.75) is 50.9 Å². The van der Waals surface area contributed by atoms with Crippen LogP contribution in [0, 0.1) is 11.8 Å². The molecule has 2 N–H and O–H groups in total. The Morgan fingerprint density at radius 3 is 2.48 bits per heavy atom. The van der Waals surface area contributed by atoms with Crippen LogP contribution in [0.25, 0.3) is 10.9 Å². The Kier molecular flexibility index (Phi) is 5.74. The second kappa shape index (κ2) is 8.65. The van der Waals surface area contributed by atoms with E-state index in [9.17, 15) is 9.59 Å². The highest BCUT2D eigenvalue weighted by atomic mass is 16.2. The van der Waals surface area contributed by atoms with Crippen molar-refractivity contribution < 1.29 is 9.59 Å². The van der Waals surface area contributed by atoms with Crippen LogP contribution in [0.2, 0.25) is 0 Å². The molecule has 5 rings (SSSR count). The van der Waals surface area contributed by atoms with Gasteiger partial charge in [0, 0.05) is 43.8 Å². The van der Waals surface area contributed by atoms with Gasteiger partial charge in [-0.3, -0.25) is 14.9 Å². The summed E-state index contributed by atoms with van der Waals surface area (Å²) in [4.78, 5) is 26.4. The lowest BCUT2D eigenvalue weighted by atomic mass is 9.83. The van der Waals surface area contributed by atoms with Crippen molar-refractivity contribution in [3.8, 4) is 0 Å². The van der Waals surface area contributed by atoms with Crippen LogP contribution < -0.4 is 15.5 Å². The van der Waals surface area contributed by atoms with Gasteiger partial charge >= 0.3 is 0 Å². The van der Waals surface area contributed by atoms with Gasteiger partial charge in [-0.1, -0.05) is 6.07 Å². The zero-order valence-electron chi connectivity index (χ0n) is 18.5. The predicted molar refractivity (Wildman–Crippen MR) is 123 cm³/mol. The van der Waals surface area contributed by atoms with Gasteiger partial charge in [-0.15, -0.1) is 0 Å². The number of fused-ring (bicyclic) bond motifs is 1. The zero-order valence-corrected chi connectivity index (χ0v) is 18.5. The average molecular weight is 423 g/mol. The molecule has 3 fully saturated rings. The number of hydrogen-bond donors (Lipinski definition) is 2. The van der Waals surface area contributed by atoms with Crippen molar-refractivity contribution in [3.63, 3.8) is 0 Å². The van der Waals surface area contributed by atoms with Crippen LogP contribution in [-0.4, -0.2) is 42.6 Å². The van der Waals surface area contributed by atoms with Crippen molar-refractivity contribution in [3.05, 3.63) is 30.0 Å². The highest BCUT2D eigenvalue weighted by Crippen LogP contribution is 2.35. The minimum atomic E-state index is -0.238. The van der Waals surface area contributed by atoms with Crippen LogP contribution in [-0.2, 0) is 16.6 Å². The number of nitrogens with zero attached hydrogens (tertiary/aromatic N) is 2. The van der Waals surface area contributed by atoms with E-state index >= 15 is 0 Å². The highest BCUT2D eigenvalue weighted by molar-refractivity contribution is 6.03. The largest absolute Gasteiger partial charge is 0.371 e. The van der Waals surface area contributed by atoms with Gasteiger partial charge in [0.15, 0.2) is 0 Å². The summed E-state index contributed by atoms with van der Waals surface area (Å²) in [6, 6.07) is 6.66. The van der Waals surface area contributed by atoms with E-state index in [1.165, 1.54) is 50.9 Å². The molecule has 6 nitrogen and oxygen atoms in total. The maximum atomic E-state index is 12.4. The monoisotopic (exact) mass is 422 g/mol. The van der Waals surface area contributed by atoms with Gasteiger partial charge in [0.2, 0.25) is 11.8 Å². The molecule has 0 bridgehead atoms. The molecule has 0 spiro atoms. The Labute approximate surface area is 184 Å². The van der Waals surface area contributed by atoms with Crippen molar-refractivity contribution in [1.82, 2.24) is 15.2 Å². The van der Waals surface area contributed by atoms with E-state index < -0.39 is 0 Å². The van der Waals surface area contributed by atoms with Crippen LogP contribution >= 0.6 is 0 Å². The molecule has 0 aliphatic carbocycles. The fraction of sp³-hybridized carbons (Fsp3) is 0.600. The molecule has 166 valence electrons. The first-order chi connectivity index (χ1) is 15.1. The van der Waals surface area contributed by atoms with E-state index in [4.69, 9.17) is 0 Å². The first-order valence-electron chi connectivity index (χ1n) is 12.0. The molecule has 1 atom stereocenters. The van der Waals surface area contributed by atoms with Crippen LogP contribution in [0.3, 0.4) is 0 Å². The van der Waals surface area contributed by atoms with Gasteiger partial charge in [0.1, 0.15) is 0 Å². The number of anilines is 1. The molecule has 3 aliphatic heterocycles. The lowest BCUT2D eigenvalue weighted by Crippen LogP contribution is -2.39. The summed E-state index contributed by atoms with van der Waals surface area (Å²) in [5, 5.41) is 7.10. The number of piperidine rings is 3. The van der Waals surface area contributed by atoms with E-state index in [-0.39, 0.29) is 17.7 Å². The molecular weight excluding hydrogens is 388 g/mol. The van der Waals surface area contributed by atoms with Gasteiger partial charge in [0.25, 0.3) is 0 Å². The molecular formula is C25H34N4O2. The third kappa shape index (κ3) is 4.22. The maximum Gasteiger partial charge on any atom is 0.234 e. The summed E-state index contributed by atoms with van der Waals surface area (Å²) in [6.45, 7) is 4.65. The molecule has 0 radical (unpaired) electrons. The van der Waals surface area contributed by atoms with Gasteiger partial charge in [0.05, 0.1) is 11.4 Å². The Balaban J connectivity index is 1.28. The average Bonchev–Trinajstić information content (AvgIpc) is 3.11. The first kappa shape index (κ1) is 20.6. The number of aryl methyl sites for hydroxylation is 1. The first-order valence-corrected chi connectivity index (χ1v) is 12.0. The summed E-state index contributed by atoms with van der Waals surface area (Å²) in [5.74, 6) is 1.23. The van der Waals surface area contributed by atoms with E-state index in [2.05, 4.69) is 44.5 Å². The number of carbonyl (C=O) groups is 2. The minimum Gasteiger partial charge on any atom is -0.371 e. The molecule has 4 heterocycles. The Morgan fingerprint density at radius 2 is 1.74 bits per heavy atom. The Morgan fingerprint density at radius 1 is 1.00 bits per heavy atom. The SMILES string of the molecule is Cn1cc(C2CCC(=O)NC2=O)c2ccc(N3CCC(CC4CCNCC4)CC3)cc21. The number of benzene rings is 1. The second-order valence-corrected chi connectivity index (χ2v) is 9.76. The quantitative estimate of drug-likeness (QED) is 0.742. The molecule has 2 aromatic rings. The standard InChI is InChI=1S/C25H34N4O2/c1-28-16-22(21-4-5-24(30)27-25(21)31)20-3-2-19(15-23(20)28)29-12-8-18(9-13-29)14-17-6-10-26-11-7-17/h2-3,15-18,21,26H,4-14H2,1H3,(H,27,30,31).